The van der Waals surface area contributed by atoms with E-state index in [9.17, 15) is 18.6 Å². The Balaban J connectivity index is 1.11. The van der Waals surface area contributed by atoms with Crippen molar-refractivity contribution in [1.82, 2.24) is 34.0 Å². The van der Waals surface area contributed by atoms with Crippen LogP contribution in [0.3, 0.4) is 0 Å². The predicted molar refractivity (Wildman–Crippen MR) is 178 cm³/mol. The van der Waals surface area contributed by atoms with Gasteiger partial charge in [-0.2, -0.15) is 9.19 Å². The number of likely N-dealkylation sites (tertiary alicyclic amines) is 1. The first kappa shape index (κ1) is 31.6. The van der Waals surface area contributed by atoms with E-state index in [1.54, 1.807) is 12.3 Å². The average molecular weight is 660 g/mol. The third-order valence-corrected chi connectivity index (χ3v) is 11.4. The fraction of sp³-hybridized carbons (Fsp3) is 0.485. The van der Waals surface area contributed by atoms with Crippen LogP contribution in [0.4, 0.5) is 17.3 Å². The number of pyridine rings is 2. The summed E-state index contributed by atoms with van der Waals surface area (Å²) in [5.41, 5.74) is 4.25. The van der Waals surface area contributed by atoms with Crippen LogP contribution in [0.15, 0.2) is 55.2 Å². The van der Waals surface area contributed by atoms with Crippen LogP contribution in [-0.4, -0.2) is 89.7 Å². The van der Waals surface area contributed by atoms with Crippen LogP contribution in [0, 0.1) is 5.92 Å². The summed E-state index contributed by atoms with van der Waals surface area (Å²) >= 11 is 0. The molecule has 0 spiro atoms. The standard InChI is InChI=1S/C33H41N9O4S/c43-21-22-1-4-25(5-2-22)38-30-15-32(36-18-28(30)29-8-3-23(16-35-29)19-41-13-10-26(44)11-14-41)39-31-9-12-34-33(40-31)24-17-37-42(20-24)47(45,46)27-6-7-27/h3,8-9,12,15-18,20,22,25-27,43-44H,1-2,4-7,10-11,13-14,19,21H2,(H2,34,36,38,39,40). The van der Waals surface area contributed by atoms with Crippen molar-refractivity contribution >= 4 is 27.3 Å². The Bertz CT molecular complexity index is 1780. The number of anilines is 3. The van der Waals surface area contributed by atoms with E-state index < -0.39 is 10.0 Å². The molecule has 14 heteroatoms. The van der Waals surface area contributed by atoms with Crippen molar-refractivity contribution in [2.45, 2.75) is 75.3 Å². The summed E-state index contributed by atoms with van der Waals surface area (Å²) in [6.07, 6.45) is 14.9. The highest BCUT2D eigenvalue weighted by Gasteiger charge is 2.37. The first-order valence-electron chi connectivity index (χ1n) is 16.5. The molecule has 3 aliphatic rings. The monoisotopic (exact) mass is 659 g/mol. The highest BCUT2D eigenvalue weighted by atomic mass is 32.2. The van der Waals surface area contributed by atoms with Crippen molar-refractivity contribution in [3.8, 4) is 22.6 Å². The van der Waals surface area contributed by atoms with Gasteiger partial charge in [0.25, 0.3) is 10.0 Å². The predicted octanol–water partition coefficient (Wildman–Crippen LogP) is 3.80. The molecule has 2 aliphatic carbocycles. The number of hydrogen-bond acceptors (Lipinski definition) is 12. The Morgan fingerprint density at radius 2 is 1.70 bits per heavy atom. The van der Waals surface area contributed by atoms with Gasteiger partial charge < -0.3 is 20.8 Å². The van der Waals surface area contributed by atoms with E-state index in [1.807, 2.05) is 24.5 Å². The molecular formula is C33H41N9O4S. The molecule has 4 aromatic heterocycles. The van der Waals surface area contributed by atoms with Gasteiger partial charge in [0.2, 0.25) is 0 Å². The second-order valence-corrected chi connectivity index (χ2v) is 15.0. The molecule has 4 N–H and O–H groups in total. The molecule has 1 aliphatic heterocycles. The Labute approximate surface area is 274 Å². The molecule has 47 heavy (non-hydrogen) atoms. The Hall–Kier alpha value is -3.98. The van der Waals surface area contributed by atoms with E-state index in [2.05, 4.69) is 36.7 Å². The van der Waals surface area contributed by atoms with Gasteiger partial charge in [-0.1, -0.05) is 6.07 Å². The number of rotatable bonds is 11. The van der Waals surface area contributed by atoms with Crippen LogP contribution in [0.5, 0.6) is 0 Å². The minimum atomic E-state index is -3.48. The van der Waals surface area contributed by atoms with Crippen molar-refractivity contribution in [2.24, 2.45) is 5.92 Å². The maximum atomic E-state index is 12.6. The van der Waals surface area contributed by atoms with Crippen molar-refractivity contribution in [3.63, 3.8) is 0 Å². The number of nitrogens with zero attached hydrogens (tertiary/aromatic N) is 7. The minimum Gasteiger partial charge on any atom is -0.396 e. The number of aliphatic hydroxyl groups is 2. The first-order valence-corrected chi connectivity index (χ1v) is 18.0. The van der Waals surface area contributed by atoms with Gasteiger partial charge in [-0.25, -0.2) is 23.4 Å². The van der Waals surface area contributed by atoms with Crippen LogP contribution in [0.25, 0.3) is 22.6 Å². The SMILES string of the molecule is O=S(=O)(C1CC1)n1cc(-c2nccc(Nc3cc(NC4CCC(CO)CC4)c(-c4ccc(CN5CCC(O)CC5)cn4)cn3)n2)cn1. The molecule has 0 unspecified atom stereocenters. The van der Waals surface area contributed by atoms with Gasteiger partial charge in [0.15, 0.2) is 5.82 Å². The summed E-state index contributed by atoms with van der Waals surface area (Å²) < 4.78 is 26.2. The summed E-state index contributed by atoms with van der Waals surface area (Å²) in [6, 6.07) is 8.10. The van der Waals surface area contributed by atoms with Crippen molar-refractivity contribution in [3.05, 3.63) is 60.8 Å². The molecule has 3 fully saturated rings. The molecule has 4 aromatic rings. The number of hydrogen-bond donors (Lipinski definition) is 4. The van der Waals surface area contributed by atoms with Gasteiger partial charge in [0.05, 0.1) is 35.0 Å². The number of aromatic nitrogens is 6. The van der Waals surface area contributed by atoms with E-state index in [4.69, 9.17) is 9.97 Å². The van der Waals surface area contributed by atoms with E-state index in [0.29, 0.717) is 41.8 Å². The summed E-state index contributed by atoms with van der Waals surface area (Å²) in [4.78, 5) is 20.8. The number of piperidine rings is 1. The Morgan fingerprint density at radius 1 is 0.894 bits per heavy atom. The van der Waals surface area contributed by atoms with Gasteiger partial charge in [0.1, 0.15) is 11.6 Å². The van der Waals surface area contributed by atoms with E-state index in [1.165, 1.54) is 12.4 Å². The fourth-order valence-electron chi connectivity index (χ4n) is 6.35. The molecule has 2 saturated carbocycles. The van der Waals surface area contributed by atoms with E-state index in [0.717, 1.165) is 84.8 Å². The zero-order valence-corrected chi connectivity index (χ0v) is 27.1. The molecular weight excluding hydrogens is 618 g/mol. The third-order valence-electron chi connectivity index (χ3n) is 9.37. The zero-order valence-electron chi connectivity index (χ0n) is 26.2. The average Bonchev–Trinajstić information content (AvgIpc) is 3.84. The van der Waals surface area contributed by atoms with Gasteiger partial charge >= 0.3 is 0 Å². The van der Waals surface area contributed by atoms with Crippen molar-refractivity contribution < 1.29 is 18.6 Å². The van der Waals surface area contributed by atoms with Crippen LogP contribution in [0.2, 0.25) is 0 Å². The topological polar surface area (TPSA) is 171 Å². The Kier molecular flexibility index (Phi) is 9.17. The molecule has 13 nitrogen and oxygen atoms in total. The normalized spacial score (nSPS) is 21.1. The lowest BCUT2D eigenvalue weighted by atomic mass is 9.86. The van der Waals surface area contributed by atoms with Crippen molar-refractivity contribution in [2.75, 3.05) is 30.3 Å². The molecule has 248 valence electrons. The maximum absolute atomic E-state index is 12.6. The molecule has 0 atom stereocenters. The zero-order chi connectivity index (χ0) is 32.4. The minimum absolute atomic E-state index is 0.194. The second kappa shape index (κ2) is 13.6. The molecule has 0 aromatic carbocycles. The van der Waals surface area contributed by atoms with Gasteiger partial charge in [0, 0.05) is 68.2 Å². The summed E-state index contributed by atoms with van der Waals surface area (Å²) in [6.45, 7) is 2.80. The van der Waals surface area contributed by atoms with Crippen LogP contribution < -0.4 is 10.6 Å². The van der Waals surface area contributed by atoms with Crippen LogP contribution >= 0.6 is 0 Å². The molecule has 7 rings (SSSR count). The highest BCUT2D eigenvalue weighted by Crippen LogP contribution is 2.34. The summed E-state index contributed by atoms with van der Waals surface area (Å²) in [5, 5.41) is 30.2. The van der Waals surface area contributed by atoms with Crippen LogP contribution in [0.1, 0.15) is 56.9 Å². The van der Waals surface area contributed by atoms with Gasteiger partial charge in [-0.05, 0) is 75.0 Å². The maximum Gasteiger partial charge on any atom is 0.256 e. The molecule has 1 saturated heterocycles. The highest BCUT2D eigenvalue weighted by molar-refractivity contribution is 7.90. The lowest BCUT2D eigenvalue weighted by Gasteiger charge is -2.29. The molecule has 5 heterocycles. The molecule has 0 bridgehead atoms. The van der Waals surface area contributed by atoms with E-state index >= 15 is 0 Å². The third kappa shape index (κ3) is 7.45. The second-order valence-electron chi connectivity index (χ2n) is 13.0. The van der Waals surface area contributed by atoms with Crippen molar-refractivity contribution in [1.29, 1.82) is 0 Å². The largest absolute Gasteiger partial charge is 0.396 e. The number of aliphatic hydroxyl groups excluding tert-OH is 2. The number of nitrogens with one attached hydrogen (secondary N) is 2. The molecule has 0 amide bonds. The smallest absolute Gasteiger partial charge is 0.256 e. The van der Waals surface area contributed by atoms with Gasteiger partial charge in [-0.15, -0.1) is 0 Å². The quantitative estimate of drug-likeness (QED) is 0.184. The lowest BCUT2D eigenvalue weighted by molar-refractivity contribution is 0.0792. The summed E-state index contributed by atoms with van der Waals surface area (Å²) in [7, 11) is -3.48. The lowest BCUT2D eigenvalue weighted by Crippen LogP contribution is -2.35. The van der Waals surface area contributed by atoms with Crippen LogP contribution in [-0.2, 0) is 16.6 Å². The summed E-state index contributed by atoms with van der Waals surface area (Å²) in [5.74, 6) is 1.80. The first-order chi connectivity index (χ1) is 22.8. The van der Waals surface area contributed by atoms with Gasteiger partial charge in [-0.3, -0.25) is 9.88 Å². The molecule has 0 radical (unpaired) electrons. The van der Waals surface area contributed by atoms with E-state index in [-0.39, 0.29) is 24.0 Å². The fourth-order valence-corrected chi connectivity index (χ4v) is 7.82. The Morgan fingerprint density at radius 3 is 2.43 bits per heavy atom.